The third kappa shape index (κ3) is 3.45. The van der Waals surface area contributed by atoms with Gasteiger partial charge in [-0.05, 0) is 24.9 Å². The van der Waals surface area contributed by atoms with Gasteiger partial charge in [0.15, 0.2) is 0 Å². The number of benzene rings is 2. The molecule has 1 N–H and O–H groups in total. The molecule has 0 bridgehead atoms. The van der Waals surface area contributed by atoms with Gasteiger partial charge >= 0.3 is 6.03 Å². The van der Waals surface area contributed by atoms with Crippen LogP contribution in [0.2, 0.25) is 0 Å². The molecule has 2 aromatic carbocycles. The Balaban J connectivity index is 1.45. The zero-order valence-corrected chi connectivity index (χ0v) is 15.9. The van der Waals surface area contributed by atoms with Crippen molar-refractivity contribution in [3.63, 3.8) is 0 Å². The van der Waals surface area contributed by atoms with E-state index in [0.29, 0.717) is 25.2 Å². The molecule has 0 aromatic heterocycles. The van der Waals surface area contributed by atoms with E-state index in [1.54, 1.807) is 6.07 Å². The first-order valence-corrected chi connectivity index (χ1v) is 9.63. The van der Waals surface area contributed by atoms with Crippen LogP contribution < -0.4 is 10.2 Å². The number of urea groups is 1. The molecule has 0 saturated carbocycles. The third-order valence-electron chi connectivity index (χ3n) is 5.53. The Kier molecular flexibility index (Phi) is 5.00. The molecule has 2 aliphatic rings. The Bertz CT molecular complexity index is 916. The summed E-state index contributed by atoms with van der Waals surface area (Å²) < 4.78 is 0. The second-order valence-electron chi connectivity index (χ2n) is 7.40. The predicted octanol–water partition coefficient (Wildman–Crippen LogP) is 1.82. The van der Waals surface area contributed by atoms with Crippen LogP contribution in [0, 0.1) is 0 Å². The van der Waals surface area contributed by atoms with Crippen molar-refractivity contribution in [2.75, 3.05) is 38.1 Å². The molecule has 7 heteroatoms. The molecule has 28 heavy (non-hydrogen) atoms. The summed E-state index contributed by atoms with van der Waals surface area (Å²) in [6.07, 6.45) is 0.570. The predicted molar refractivity (Wildman–Crippen MR) is 107 cm³/mol. The summed E-state index contributed by atoms with van der Waals surface area (Å²) in [6.45, 7) is 3.14. The number of nitrogens with zero attached hydrogens (tertiary/aromatic N) is 3. The van der Waals surface area contributed by atoms with E-state index in [9.17, 15) is 14.4 Å². The largest absolute Gasteiger partial charge is 0.340 e. The lowest BCUT2D eigenvalue weighted by atomic mass is 10.1. The van der Waals surface area contributed by atoms with E-state index < -0.39 is 12.1 Å². The number of anilines is 1. The number of carbonyl (C=O) groups is 3. The zero-order valence-electron chi connectivity index (χ0n) is 15.9. The van der Waals surface area contributed by atoms with Gasteiger partial charge in [0.2, 0.25) is 5.91 Å². The van der Waals surface area contributed by atoms with Gasteiger partial charge in [-0.1, -0.05) is 36.4 Å². The van der Waals surface area contributed by atoms with Gasteiger partial charge in [0.25, 0.3) is 5.91 Å². The number of hydrogen-bond donors (Lipinski definition) is 1. The van der Waals surface area contributed by atoms with E-state index in [4.69, 9.17) is 0 Å². The summed E-state index contributed by atoms with van der Waals surface area (Å²) in [5, 5.41) is 4.56. The fraction of sp³-hybridized carbons (Fsp3) is 0.381. The van der Waals surface area contributed by atoms with Crippen LogP contribution in [0.5, 0.6) is 0 Å². The lowest BCUT2D eigenvalue weighted by Crippen LogP contribution is -2.47. The molecule has 4 rings (SSSR count). The van der Waals surface area contributed by atoms with E-state index in [0.717, 1.165) is 23.9 Å². The molecular weight excluding hydrogens is 356 g/mol. The van der Waals surface area contributed by atoms with Crippen molar-refractivity contribution >= 4 is 34.3 Å². The summed E-state index contributed by atoms with van der Waals surface area (Å²) in [4.78, 5) is 43.1. The van der Waals surface area contributed by atoms with Gasteiger partial charge in [-0.3, -0.25) is 9.59 Å². The molecule has 0 radical (unpaired) electrons. The van der Waals surface area contributed by atoms with Crippen LogP contribution in [0.4, 0.5) is 10.5 Å². The second kappa shape index (κ2) is 7.59. The standard InChI is InChI=1S/C21H24N4O3/c1-23-11-13-24(14-12-23)19(26)10-9-17-20(27)25(21(28)22-17)18-8-4-6-15-5-2-3-7-16(15)18/h2-8,17H,9-14H2,1H3,(H,22,28). The molecule has 2 aromatic rings. The SMILES string of the molecule is CN1CCN(C(=O)CCC2NC(=O)N(c3cccc4ccccc34)C2=O)CC1. The normalized spacial score (nSPS) is 20.7. The summed E-state index contributed by atoms with van der Waals surface area (Å²) >= 11 is 0. The highest BCUT2D eigenvalue weighted by atomic mass is 16.2. The fourth-order valence-corrected chi connectivity index (χ4v) is 3.84. The highest BCUT2D eigenvalue weighted by Crippen LogP contribution is 2.29. The van der Waals surface area contributed by atoms with Gasteiger partial charge < -0.3 is 15.1 Å². The van der Waals surface area contributed by atoms with Crippen LogP contribution in [0.15, 0.2) is 42.5 Å². The van der Waals surface area contributed by atoms with Gasteiger partial charge in [0.05, 0.1) is 5.69 Å². The number of rotatable bonds is 4. The number of imide groups is 1. The van der Waals surface area contributed by atoms with E-state index in [1.807, 2.05) is 48.3 Å². The number of amides is 4. The van der Waals surface area contributed by atoms with Crippen LogP contribution >= 0.6 is 0 Å². The van der Waals surface area contributed by atoms with Crippen molar-refractivity contribution in [2.45, 2.75) is 18.9 Å². The van der Waals surface area contributed by atoms with Crippen LogP contribution in [0.25, 0.3) is 10.8 Å². The molecular formula is C21H24N4O3. The minimum absolute atomic E-state index is 0.0405. The first-order valence-electron chi connectivity index (χ1n) is 9.63. The first-order chi connectivity index (χ1) is 13.5. The smallest absolute Gasteiger partial charge is 0.329 e. The molecule has 1 atom stereocenters. The highest BCUT2D eigenvalue weighted by molar-refractivity contribution is 6.24. The number of piperazine rings is 1. The monoisotopic (exact) mass is 380 g/mol. The number of nitrogens with one attached hydrogen (secondary N) is 1. The average Bonchev–Trinajstić information content (AvgIpc) is 2.99. The van der Waals surface area contributed by atoms with Crippen LogP contribution in [0.3, 0.4) is 0 Å². The molecule has 2 heterocycles. The van der Waals surface area contributed by atoms with Gasteiger partial charge in [0.1, 0.15) is 6.04 Å². The lowest BCUT2D eigenvalue weighted by Gasteiger charge is -2.32. The Morgan fingerprint density at radius 1 is 1.04 bits per heavy atom. The maximum atomic E-state index is 12.9. The quantitative estimate of drug-likeness (QED) is 0.822. The summed E-state index contributed by atoms with van der Waals surface area (Å²) in [5.41, 5.74) is 0.577. The van der Waals surface area contributed by atoms with Gasteiger partial charge in [-0.15, -0.1) is 0 Å². The summed E-state index contributed by atoms with van der Waals surface area (Å²) in [5.74, 6) is -0.258. The lowest BCUT2D eigenvalue weighted by molar-refractivity contribution is -0.133. The zero-order chi connectivity index (χ0) is 19.7. The van der Waals surface area contributed by atoms with Crippen molar-refractivity contribution in [2.24, 2.45) is 0 Å². The highest BCUT2D eigenvalue weighted by Gasteiger charge is 2.39. The maximum Gasteiger partial charge on any atom is 0.329 e. The van der Waals surface area contributed by atoms with E-state index in [2.05, 4.69) is 10.2 Å². The Morgan fingerprint density at radius 3 is 2.54 bits per heavy atom. The topological polar surface area (TPSA) is 73.0 Å². The molecule has 4 amide bonds. The van der Waals surface area contributed by atoms with Gasteiger partial charge in [-0.2, -0.15) is 0 Å². The van der Waals surface area contributed by atoms with E-state index in [1.165, 1.54) is 4.90 Å². The third-order valence-corrected chi connectivity index (χ3v) is 5.53. The van der Waals surface area contributed by atoms with Crippen LogP contribution in [0.1, 0.15) is 12.8 Å². The number of fused-ring (bicyclic) bond motifs is 1. The van der Waals surface area contributed by atoms with Crippen molar-refractivity contribution < 1.29 is 14.4 Å². The summed E-state index contributed by atoms with van der Waals surface area (Å²) in [7, 11) is 2.04. The average molecular weight is 380 g/mol. The molecule has 2 saturated heterocycles. The van der Waals surface area contributed by atoms with Gasteiger partial charge in [-0.25, -0.2) is 9.69 Å². The molecule has 0 aliphatic carbocycles. The van der Waals surface area contributed by atoms with Crippen LogP contribution in [-0.4, -0.2) is 66.9 Å². The van der Waals surface area contributed by atoms with Crippen molar-refractivity contribution in [3.8, 4) is 0 Å². The number of likely N-dealkylation sites (N-methyl/N-ethyl adjacent to an activating group) is 1. The Labute approximate surface area is 163 Å². The molecule has 7 nitrogen and oxygen atoms in total. The first kappa shape index (κ1) is 18.4. The van der Waals surface area contributed by atoms with Crippen molar-refractivity contribution in [1.29, 1.82) is 0 Å². The Morgan fingerprint density at radius 2 is 1.75 bits per heavy atom. The fourth-order valence-electron chi connectivity index (χ4n) is 3.84. The molecule has 0 spiro atoms. The molecule has 2 aliphatic heterocycles. The van der Waals surface area contributed by atoms with Crippen molar-refractivity contribution in [3.05, 3.63) is 42.5 Å². The summed E-state index contributed by atoms with van der Waals surface area (Å²) in [6, 6.07) is 12.1. The minimum atomic E-state index is -0.664. The maximum absolute atomic E-state index is 12.9. The molecule has 1 unspecified atom stereocenters. The number of hydrogen-bond acceptors (Lipinski definition) is 4. The minimum Gasteiger partial charge on any atom is -0.340 e. The molecule has 2 fully saturated rings. The molecule has 146 valence electrons. The van der Waals surface area contributed by atoms with Crippen LogP contribution in [-0.2, 0) is 9.59 Å². The van der Waals surface area contributed by atoms with Gasteiger partial charge in [0, 0.05) is 38.0 Å². The van der Waals surface area contributed by atoms with E-state index >= 15 is 0 Å². The number of carbonyl (C=O) groups excluding carboxylic acids is 3. The Hall–Kier alpha value is -2.93. The van der Waals surface area contributed by atoms with E-state index in [-0.39, 0.29) is 18.2 Å². The van der Waals surface area contributed by atoms with Crippen molar-refractivity contribution in [1.82, 2.24) is 15.1 Å². The second-order valence-corrected chi connectivity index (χ2v) is 7.40.